The van der Waals surface area contributed by atoms with Crippen molar-refractivity contribution in [2.45, 2.75) is 69.7 Å². The number of hydrogen-bond donors (Lipinski definition) is 1. The summed E-state index contributed by atoms with van der Waals surface area (Å²) in [5.74, 6) is -0.282. The Bertz CT molecular complexity index is 929. The Morgan fingerprint density at radius 3 is 2.10 bits per heavy atom. The van der Waals surface area contributed by atoms with Crippen LogP contribution in [0.25, 0.3) is 0 Å². The molecule has 0 radical (unpaired) electrons. The van der Waals surface area contributed by atoms with Gasteiger partial charge in [-0.2, -0.15) is 4.31 Å². The van der Waals surface area contributed by atoms with Crippen LogP contribution in [0.4, 0.5) is 5.69 Å². The van der Waals surface area contributed by atoms with E-state index in [1.165, 1.54) is 4.31 Å². The molecule has 0 unspecified atom stereocenters. The standard InChI is InChI=1S/C24H32N2O3S/c1-3-19-12-11-13-20(4-2)24(19)25-23(27)18-26(21-14-7-5-8-15-21)30(28,29)22-16-9-6-10-17-22/h6,9-13,16-17,21H,3-5,7-8,14-15,18H2,1-2H3,(H,25,27). The Morgan fingerprint density at radius 2 is 1.53 bits per heavy atom. The van der Waals surface area contributed by atoms with Gasteiger partial charge in [0.1, 0.15) is 0 Å². The molecule has 6 heteroatoms. The predicted molar refractivity (Wildman–Crippen MR) is 121 cm³/mol. The molecule has 30 heavy (non-hydrogen) atoms. The monoisotopic (exact) mass is 428 g/mol. The molecule has 0 aromatic heterocycles. The van der Waals surface area contributed by atoms with E-state index in [1.807, 2.05) is 18.2 Å². The second-order valence-electron chi connectivity index (χ2n) is 7.86. The maximum Gasteiger partial charge on any atom is 0.243 e. The van der Waals surface area contributed by atoms with Gasteiger partial charge >= 0.3 is 0 Å². The highest BCUT2D eigenvalue weighted by Crippen LogP contribution is 2.28. The van der Waals surface area contributed by atoms with Crippen molar-refractivity contribution in [1.29, 1.82) is 0 Å². The van der Waals surface area contributed by atoms with Crippen LogP contribution >= 0.6 is 0 Å². The fourth-order valence-electron chi connectivity index (χ4n) is 4.23. The topological polar surface area (TPSA) is 66.5 Å². The lowest BCUT2D eigenvalue weighted by Gasteiger charge is -2.33. The lowest BCUT2D eigenvalue weighted by molar-refractivity contribution is -0.116. The first-order valence-electron chi connectivity index (χ1n) is 10.9. The number of nitrogens with zero attached hydrogens (tertiary/aromatic N) is 1. The van der Waals surface area contributed by atoms with Crippen LogP contribution in [0, 0.1) is 0 Å². The largest absolute Gasteiger partial charge is 0.324 e. The van der Waals surface area contributed by atoms with Crippen molar-refractivity contribution in [3.05, 3.63) is 59.7 Å². The molecule has 1 saturated carbocycles. The van der Waals surface area contributed by atoms with Gasteiger partial charge in [-0.3, -0.25) is 4.79 Å². The number of rotatable bonds is 8. The van der Waals surface area contributed by atoms with Crippen molar-refractivity contribution in [3.63, 3.8) is 0 Å². The molecule has 5 nitrogen and oxygen atoms in total. The van der Waals surface area contributed by atoms with Crippen molar-refractivity contribution in [1.82, 2.24) is 4.31 Å². The van der Waals surface area contributed by atoms with Crippen molar-refractivity contribution in [2.24, 2.45) is 0 Å². The van der Waals surface area contributed by atoms with E-state index in [1.54, 1.807) is 30.3 Å². The van der Waals surface area contributed by atoms with Gasteiger partial charge in [-0.1, -0.05) is 69.5 Å². The fourth-order valence-corrected chi connectivity index (χ4v) is 5.89. The highest BCUT2D eigenvalue weighted by molar-refractivity contribution is 7.89. The van der Waals surface area contributed by atoms with Crippen LogP contribution in [0.15, 0.2) is 53.4 Å². The van der Waals surface area contributed by atoms with E-state index in [0.29, 0.717) is 0 Å². The van der Waals surface area contributed by atoms with Gasteiger partial charge in [-0.15, -0.1) is 0 Å². The summed E-state index contributed by atoms with van der Waals surface area (Å²) in [6.45, 7) is 3.94. The molecular weight excluding hydrogens is 396 g/mol. The lowest BCUT2D eigenvalue weighted by atomic mass is 9.95. The molecule has 0 bridgehead atoms. The first-order valence-corrected chi connectivity index (χ1v) is 12.4. The number of para-hydroxylation sites is 1. The molecule has 2 aromatic rings. The summed E-state index contributed by atoms with van der Waals surface area (Å²) in [4.78, 5) is 13.3. The Morgan fingerprint density at radius 1 is 0.933 bits per heavy atom. The molecule has 3 rings (SSSR count). The summed E-state index contributed by atoms with van der Waals surface area (Å²) in [5, 5.41) is 3.03. The number of carbonyl (C=O) groups is 1. The van der Waals surface area contributed by atoms with Gasteiger partial charge in [0, 0.05) is 11.7 Å². The third kappa shape index (κ3) is 5.10. The second kappa shape index (κ2) is 10.2. The van der Waals surface area contributed by atoms with E-state index in [0.717, 1.165) is 61.8 Å². The van der Waals surface area contributed by atoms with Gasteiger partial charge in [-0.25, -0.2) is 8.42 Å². The van der Waals surface area contributed by atoms with Crippen LogP contribution in [0.2, 0.25) is 0 Å². The smallest absolute Gasteiger partial charge is 0.243 e. The number of amides is 1. The van der Waals surface area contributed by atoms with Crippen molar-refractivity contribution >= 4 is 21.6 Å². The third-order valence-corrected chi connectivity index (χ3v) is 7.81. The minimum Gasteiger partial charge on any atom is -0.324 e. The van der Waals surface area contributed by atoms with Crippen molar-refractivity contribution < 1.29 is 13.2 Å². The maximum atomic E-state index is 13.4. The highest BCUT2D eigenvalue weighted by Gasteiger charge is 2.34. The lowest BCUT2D eigenvalue weighted by Crippen LogP contribution is -2.45. The molecule has 1 fully saturated rings. The van der Waals surface area contributed by atoms with Gasteiger partial charge in [0.15, 0.2) is 0 Å². The number of carbonyl (C=O) groups excluding carboxylic acids is 1. The fraction of sp³-hybridized carbons (Fsp3) is 0.458. The summed E-state index contributed by atoms with van der Waals surface area (Å²) < 4.78 is 28.3. The van der Waals surface area contributed by atoms with Crippen molar-refractivity contribution in [2.75, 3.05) is 11.9 Å². The minimum absolute atomic E-state index is 0.137. The van der Waals surface area contributed by atoms with Crippen LogP contribution in [0.1, 0.15) is 57.1 Å². The Hall–Kier alpha value is -2.18. The second-order valence-corrected chi connectivity index (χ2v) is 9.75. The normalized spacial score (nSPS) is 15.3. The summed E-state index contributed by atoms with van der Waals surface area (Å²) in [5.41, 5.74) is 2.96. The van der Waals surface area contributed by atoms with Gasteiger partial charge < -0.3 is 5.32 Å². The zero-order valence-electron chi connectivity index (χ0n) is 17.9. The molecule has 2 aromatic carbocycles. The quantitative estimate of drug-likeness (QED) is 0.658. The average Bonchev–Trinajstić information content (AvgIpc) is 2.78. The molecule has 1 aliphatic carbocycles. The van der Waals surface area contributed by atoms with E-state index in [-0.39, 0.29) is 23.4 Å². The van der Waals surface area contributed by atoms with E-state index < -0.39 is 10.0 Å². The van der Waals surface area contributed by atoms with E-state index in [4.69, 9.17) is 0 Å². The molecule has 1 amide bonds. The average molecular weight is 429 g/mol. The van der Waals surface area contributed by atoms with Gasteiger partial charge in [-0.05, 0) is 48.9 Å². The zero-order valence-corrected chi connectivity index (χ0v) is 18.7. The Balaban J connectivity index is 1.88. The van der Waals surface area contributed by atoms with Gasteiger partial charge in [0.05, 0.1) is 11.4 Å². The molecule has 0 heterocycles. The Labute approximate surface area is 180 Å². The van der Waals surface area contributed by atoms with E-state index in [2.05, 4.69) is 19.2 Å². The summed E-state index contributed by atoms with van der Waals surface area (Å²) in [6, 6.07) is 14.3. The molecule has 0 saturated heterocycles. The molecule has 0 spiro atoms. The van der Waals surface area contributed by atoms with E-state index in [9.17, 15) is 13.2 Å². The number of nitrogens with one attached hydrogen (secondary N) is 1. The third-order valence-electron chi connectivity index (χ3n) is 5.89. The molecule has 0 atom stereocenters. The zero-order chi connectivity index (χ0) is 21.6. The van der Waals surface area contributed by atoms with Crippen LogP contribution in [0.3, 0.4) is 0 Å². The van der Waals surface area contributed by atoms with Gasteiger partial charge in [0.25, 0.3) is 0 Å². The number of benzene rings is 2. The van der Waals surface area contributed by atoms with Crippen LogP contribution < -0.4 is 5.32 Å². The summed E-state index contributed by atoms with van der Waals surface area (Å²) in [7, 11) is -3.75. The number of sulfonamides is 1. The molecule has 162 valence electrons. The highest BCUT2D eigenvalue weighted by atomic mass is 32.2. The first-order chi connectivity index (χ1) is 14.5. The predicted octanol–water partition coefficient (Wildman–Crippen LogP) is 4.77. The van der Waals surface area contributed by atoms with Crippen LogP contribution in [-0.2, 0) is 27.7 Å². The maximum absolute atomic E-state index is 13.4. The summed E-state index contributed by atoms with van der Waals surface area (Å²) in [6.07, 6.45) is 6.30. The van der Waals surface area contributed by atoms with Crippen molar-refractivity contribution in [3.8, 4) is 0 Å². The van der Waals surface area contributed by atoms with Crippen LogP contribution in [0.5, 0.6) is 0 Å². The molecule has 1 N–H and O–H groups in total. The Kier molecular flexibility index (Phi) is 7.67. The minimum atomic E-state index is -3.75. The molecular formula is C24H32N2O3S. The van der Waals surface area contributed by atoms with E-state index >= 15 is 0 Å². The number of hydrogen-bond acceptors (Lipinski definition) is 3. The molecule has 0 aliphatic heterocycles. The SMILES string of the molecule is CCc1cccc(CC)c1NC(=O)CN(C1CCCCC1)S(=O)(=O)c1ccccc1. The first kappa shape index (κ1) is 22.5. The number of anilines is 1. The molecule has 1 aliphatic rings. The van der Waals surface area contributed by atoms with Crippen LogP contribution in [-0.4, -0.2) is 31.2 Å². The summed E-state index contributed by atoms with van der Waals surface area (Å²) >= 11 is 0. The number of aryl methyl sites for hydroxylation is 2. The van der Waals surface area contributed by atoms with Gasteiger partial charge in [0.2, 0.25) is 15.9 Å².